The van der Waals surface area contributed by atoms with E-state index in [1.54, 1.807) is 42.2 Å². The second-order valence-corrected chi connectivity index (χ2v) is 6.76. The van der Waals surface area contributed by atoms with Crippen LogP contribution in [0.5, 0.6) is 5.75 Å². The van der Waals surface area contributed by atoms with Gasteiger partial charge in [0.05, 0.1) is 30.8 Å². The molecule has 2 aromatic carbocycles. The predicted molar refractivity (Wildman–Crippen MR) is 115 cm³/mol. The van der Waals surface area contributed by atoms with E-state index >= 15 is 0 Å². The zero-order chi connectivity index (χ0) is 22.3. The summed E-state index contributed by atoms with van der Waals surface area (Å²) in [7, 11) is 1.51. The minimum absolute atomic E-state index is 0.0170. The predicted octanol–water partition coefficient (Wildman–Crippen LogP) is 3.12. The highest BCUT2D eigenvalue weighted by Crippen LogP contribution is 2.30. The lowest BCUT2D eigenvalue weighted by molar-refractivity contribution is -0.384. The summed E-state index contributed by atoms with van der Waals surface area (Å²) in [6.45, 7) is 5.70. The third kappa shape index (κ3) is 5.77. The van der Waals surface area contributed by atoms with Gasteiger partial charge in [0, 0.05) is 6.07 Å². The second-order valence-electron chi connectivity index (χ2n) is 6.76. The molecule has 0 atom stereocenters. The van der Waals surface area contributed by atoms with Crippen LogP contribution in [0.4, 0.5) is 17.1 Å². The monoisotopic (exact) mass is 414 g/mol. The molecule has 0 unspecified atom stereocenters. The Morgan fingerprint density at radius 2 is 1.70 bits per heavy atom. The van der Waals surface area contributed by atoms with Crippen molar-refractivity contribution in [3.63, 3.8) is 0 Å². The number of para-hydroxylation sites is 2. The van der Waals surface area contributed by atoms with Gasteiger partial charge in [0.2, 0.25) is 11.8 Å². The molecule has 0 aliphatic rings. The largest absolute Gasteiger partial charge is 0.495 e. The van der Waals surface area contributed by atoms with Crippen molar-refractivity contribution in [2.75, 3.05) is 37.4 Å². The van der Waals surface area contributed by atoms with E-state index in [4.69, 9.17) is 4.74 Å². The van der Waals surface area contributed by atoms with Gasteiger partial charge in [-0.3, -0.25) is 24.6 Å². The highest BCUT2D eigenvalue weighted by molar-refractivity contribution is 5.97. The fraction of sp³-hybridized carbons (Fsp3) is 0.333. The smallest absolute Gasteiger partial charge is 0.293 e. The molecular weight excluding hydrogens is 388 g/mol. The molecule has 0 saturated carbocycles. The van der Waals surface area contributed by atoms with Gasteiger partial charge in [-0.25, -0.2) is 0 Å². The van der Waals surface area contributed by atoms with Gasteiger partial charge in [0.1, 0.15) is 11.4 Å². The maximum absolute atomic E-state index is 12.5. The number of methoxy groups -OCH3 is 1. The quantitative estimate of drug-likeness (QED) is 0.481. The molecule has 9 nitrogen and oxygen atoms in total. The Hall–Kier alpha value is -3.46. The van der Waals surface area contributed by atoms with Crippen LogP contribution in [0.1, 0.15) is 18.1 Å². The Kier molecular flexibility index (Phi) is 7.88. The average Bonchev–Trinajstić information content (AvgIpc) is 2.71. The van der Waals surface area contributed by atoms with Gasteiger partial charge >= 0.3 is 0 Å². The van der Waals surface area contributed by atoms with Crippen LogP contribution in [-0.4, -0.2) is 48.4 Å². The Morgan fingerprint density at radius 1 is 1.07 bits per heavy atom. The van der Waals surface area contributed by atoms with Crippen molar-refractivity contribution in [1.29, 1.82) is 0 Å². The summed E-state index contributed by atoms with van der Waals surface area (Å²) in [6.07, 6.45) is 0. The van der Waals surface area contributed by atoms with Crippen molar-refractivity contribution >= 4 is 28.9 Å². The first-order chi connectivity index (χ1) is 14.3. The van der Waals surface area contributed by atoms with Crippen LogP contribution in [0.3, 0.4) is 0 Å². The van der Waals surface area contributed by atoms with E-state index in [2.05, 4.69) is 10.6 Å². The number of ether oxygens (including phenoxy) is 1. The Labute approximate surface area is 175 Å². The van der Waals surface area contributed by atoms with E-state index in [9.17, 15) is 19.7 Å². The van der Waals surface area contributed by atoms with Crippen molar-refractivity contribution in [2.45, 2.75) is 20.8 Å². The highest BCUT2D eigenvalue weighted by Gasteiger charge is 2.21. The summed E-state index contributed by atoms with van der Waals surface area (Å²) in [6, 6.07) is 10.0. The molecule has 2 amide bonds. The summed E-state index contributed by atoms with van der Waals surface area (Å²) in [5, 5.41) is 16.7. The van der Waals surface area contributed by atoms with Crippen molar-refractivity contribution in [3.8, 4) is 5.75 Å². The number of benzene rings is 2. The van der Waals surface area contributed by atoms with E-state index in [1.807, 2.05) is 13.8 Å². The SMILES string of the molecule is CCN(CC(=O)Nc1ccccc1OC)CC(=O)Nc1c([N+](=O)[O-])ccc(C)c1C. The molecule has 0 aliphatic heterocycles. The number of nitrogens with zero attached hydrogens (tertiary/aromatic N) is 2. The third-order valence-corrected chi connectivity index (χ3v) is 4.74. The summed E-state index contributed by atoms with van der Waals surface area (Å²) in [4.78, 5) is 37.3. The Morgan fingerprint density at radius 3 is 2.30 bits per heavy atom. The van der Waals surface area contributed by atoms with E-state index in [1.165, 1.54) is 13.2 Å². The Balaban J connectivity index is 2.04. The molecule has 9 heteroatoms. The van der Waals surface area contributed by atoms with Crippen molar-refractivity contribution in [3.05, 3.63) is 57.6 Å². The average molecular weight is 414 g/mol. The number of amides is 2. The van der Waals surface area contributed by atoms with E-state index < -0.39 is 10.8 Å². The first-order valence-electron chi connectivity index (χ1n) is 9.46. The zero-order valence-corrected chi connectivity index (χ0v) is 17.5. The lowest BCUT2D eigenvalue weighted by Crippen LogP contribution is -2.38. The molecule has 30 heavy (non-hydrogen) atoms. The van der Waals surface area contributed by atoms with Crippen LogP contribution in [0.2, 0.25) is 0 Å². The molecule has 2 aromatic rings. The molecule has 2 rings (SSSR count). The van der Waals surface area contributed by atoms with Crippen molar-refractivity contribution < 1.29 is 19.2 Å². The number of carbonyl (C=O) groups is 2. The number of nitro benzene ring substituents is 1. The molecule has 160 valence electrons. The van der Waals surface area contributed by atoms with Gasteiger partial charge in [0.15, 0.2) is 0 Å². The first kappa shape index (κ1) is 22.8. The van der Waals surface area contributed by atoms with E-state index in [0.29, 0.717) is 23.5 Å². The topological polar surface area (TPSA) is 114 Å². The number of nitro groups is 1. The first-order valence-corrected chi connectivity index (χ1v) is 9.46. The number of rotatable bonds is 9. The number of nitrogens with one attached hydrogen (secondary N) is 2. The maximum atomic E-state index is 12.5. The fourth-order valence-electron chi connectivity index (χ4n) is 2.91. The normalized spacial score (nSPS) is 10.6. The maximum Gasteiger partial charge on any atom is 0.293 e. The number of aryl methyl sites for hydroxylation is 1. The molecule has 0 radical (unpaired) electrons. The number of hydrogen-bond acceptors (Lipinski definition) is 6. The van der Waals surface area contributed by atoms with Crippen LogP contribution < -0.4 is 15.4 Å². The number of anilines is 2. The summed E-state index contributed by atoms with van der Waals surface area (Å²) in [5.41, 5.74) is 2.02. The van der Waals surface area contributed by atoms with Gasteiger partial charge in [-0.05, 0) is 43.7 Å². The van der Waals surface area contributed by atoms with Gasteiger partial charge in [-0.2, -0.15) is 0 Å². The van der Waals surface area contributed by atoms with Gasteiger partial charge in [-0.1, -0.05) is 25.1 Å². The minimum atomic E-state index is -0.527. The molecule has 0 bridgehead atoms. The van der Waals surface area contributed by atoms with Crippen molar-refractivity contribution in [2.24, 2.45) is 0 Å². The number of hydrogen-bond donors (Lipinski definition) is 2. The molecule has 0 aromatic heterocycles. The number of likely N-dealkylation sites (N-methyl/N-ethyl adjacent to an activating group) is 1. The van der Waals surface area contributed by atoms with Crippen LogP contribution in [0, 0.1) is 24.0 Å². The van der Waals surface area contributed by atoms with Crippen LogP contribution in [-0.2, 0) is 9.59 Å². The summed E-state index contributed by atoms with van der Waals surface area (Å²) >= 11 is 0. The highest BCUT2D eigenvalue weighted by atomic mass is 16.6. The number of carbonyl (C=O) groups excluding carboxylic acids is 2. The van der Waals surface area contributed by atoms with Crippen LogP contribution in [0.15, 0.2) is 36.4 Å². The van der Waals surface area contributed by atoms with E-state index in [-0.39, 0.29) is 30.4 Å². The minimum Gasteiger partial charge on any atom is -0.495 e. The fourth-order valence-corrected chi connectivity index (χ4v) is 2.91. The standard InChI is InChI=1S/C21H26N4O5/c1-5-24(12-19(26)22-16-8-6-7-9-18(16)30-4)13-20(27)23-21-15(3)14(2)10-11-17(21)25(28)29/h6-11H,5,12-13H2,1-4H3,(H,22,26)(H,23,27). The van der Waals surface area contributed by atoms with Crippen molar-refractivity contribution in [1.82, 2.24) is 4.90 Å². The molecule has 2 N–H and O–H groups in total. The summed E-state index contributed by atoms with van der Waals surface area (Å²) in [5.74, 6) is -0.195. The van der Waals surface area contributed by atoms with Gasteiger partial charge in [0.25, 0.3) is 5.69 Å². The molecule has 0 aliphatic carbocycles. The molecule has 0 spiro atoms. The van der Waals surface area contributed by atoms with Gasteiger partial charge < -0.3 is 15.4 Å². The molecule has 0 saturated heterocycles. The molecule has 0 fully saturated rings. The lowest BCUT2D eigenvalue weighted by Gasteiger charge is -2.20. The van der Waals surface area contributed by atoms with Crippen LogP contribution in [0.25, 0.3) is 0 Å². The molecule has 0 heterocycles. The van der Waals surface area contributed by atoms with Gasteiger partial charge in [-0.15, -0.1) is 0 Å². The lowest BCUT2D eigenvalue weighted by atomic mass is 10.1. The summed E-state index contributed by atoms with van der Waals surface area (Å²) < 4.78 is 5.21. The second kappa shape index (κ2) is 10.4. The Bertz CT molecular complexity index is 945. The molecular formula is C21H26N4O5. The van der Waals surface area contributed by atoms with E-state index in [0.717, 1.165) is 5.56 Å². The third-order valence-electron chi connectivity index (χ3n) is 4.74. The van der Waals surface area contributed by atoms with Crippen LogP contribution >= 0.6 is 0 Å². The zero-order valence-electron chi connectivity index (χ0n) is 17.5.